The molecule has 2 amide bonds. The number of benzene rings is 2. The summed E-state index contributed by atoms with van der Waals surface area (Å²) in [6, 6.07) is 11.4. The maximum Gasteiger partial charge on any atom is 0.256 e. The van der Waals surface area contributed by atoms with Crippen molar-refractivity contribution in [2.45, 2.75) is 39.3 Å². The molecule has 140 valence electrons. The van der Waals surface area contributed by atoms with Crippen LogP contribution in [0.15, 0.2) is 36.4 Å². The summed E-state index contributed by atoms with van der Waals surface area (Å²) in [4.78, 5) is 27.8. The molecule has 1 fully saturated rings. The number of fused-ring (bicyclic) bond motifs is 1. The molecule has 0 unspecified atom stereocenters. The Morgan fingerprint density at radius 2 is 1.93 bits per heavy atom. The van der Waals surface area contributed by atoms with Crippen LogP contribution in [0.25, 0.3) is 0 Å². The lowest BCUT2D eigenvalue weighted by atomic mass is 10.0. The van der Waals surface area contributed by atoms with Gasteiger partial charge in [-0.3, -0.25) is 9.59 Å². The number of carbonyl (C=O) groups is 2. The largest absolute Gasteiger partial charge is 0.376 e. The summed E-state index contributed by atoms with van der Waals surface area (Å²) in [6.07, 6.45) is 2.14. The van der Waals surface area contributed by atoms with Crippen LogP contribution in [0.5, 0.6) is 0 Å². The van der Waals surface area contributed by atoms with Crippen LogP contribution >= 0.6 is 0 Å². The van der Waals surface area contributed by atoms with Gasteiger partial charge in [0.2, 0.25) is 0 Å². The smallest absolute Gasteiger partial charge is 0.256 e. The van der Waals surface area contributed by atoms with Crippen molar-refractivity contribution >= 4 is 17.5 Å². The van der Waals surface area contributed by atoms with E-state index in [0.29, 0.717) is 24.2 Å². The Morgan fingerprint density at radius 1 is 1.19 bits per heavy atom. The second kappa shape index (κ2) is 7.16. The maximum absolute atomic E-state index is 13.0. The van der Waals surface area contributed by atoms with Crippen molar-refractivity contribution in [3.8, 4) is 0 Å². The fourth-order valence-electron chi connectivity index (χ4n) is 3.98. The van der Waals surface area contributed by atoms with Crippen LogP contribution in [-0.2, 0) is 11.3 Å². The van der Waals surface area contributed by atoms with Gasteiger partial charge in [-0.25, -0.2) is 0 Å². The number of carbonyl (C=O) groups excluding carboxylic acids is 2. The van der Waals surface area contributed by atoms with Gasteiger partial charge in [0.15, 0.2) is 0 Å². The van der Waals surface area contributed by atoms with Crippen LogP contribution in [0, 0.1) is 13.8 Å². The molecule has 2 heterocycles. The molecule has 0 aliphatic carbocycles. The van der Waals surface area contributed by atoms with Gasteiger partial charge in [0.25, 0.3) is 11.8 Å². The molecule has 0 radical (unpaired) electrons. The second-order valence-electron chi connectivity index (χ2n) is 7.38. The Balaban J connectivity index is 1.58. The zero-order valence-electron chi connectivity index (χ0n) is 15.7. The summed E-state index contributed by atoms with van der Waals surface area (Å²) in [5, 5.41) is 3.00. The highest BCUT2D eigenvalue weighted by atomic mass is 16.5. The lowest BCUT2D eigenvalue weighted by Gasteiger charge is -2.19. The fraction of sp³-hybridized carbons (Fsp3) is 0.364. The van der Waals surface area contributed by atoms with Gasteiger partial charge < -0.3 is 15.0 Å². The lowest BCUT2D eigenvalue weighted by Crippen LogP contribution is -2.32. The molecule has 2 aromatic rings. The van der Waals surface area contributed by atoms with Crippen molar-refractivity contribution in [2.75, 3.05) is 18.5 Å². The Bertz CT molecular complexity index is 880. The van der Waals surface area contributed by atoms with Crippen molar-refractivity contribution in [3.63, 3.8) is 0 Å². The molecule has 2 aromatic carbocycles. The summed E-state index contributed by atoms with van der Waals surface area (Å²) in [7, 11) is 0. The zero-order chi connectivity index (χ0) is 19.0. The second-order valence-corrected chi connectivity index (χ2v) is 7.38. The first-order chi connectivity index (χ1) is 13.0. The molecule has 5 heteroatoms. The zero-order valence-corrected chi connectivity index (χ0v) is 15.7. The summed E-state index contributed by atoms with van der Waals surface area (Å²) in [6.45, 7) is 5.83. The van der Waals surface area contributed by atoms with E-state index in [1.807, 2.05) is 44.2 Å². The molecule has 1 saturated heterocycles. The first-order valence-corrected chi connectivity index (χ1v) is 9.45. The molecule has 5 nitrogen and oxygen atoms in total. The Morgan fingerprint density at radius 3 is 2.63 bits per heavy atom. The molecule has 27 heavy (non-hydrogen) atoms. The third kappa shape index (κ3) is 3.35. The van der Waals surface area contributed by atoms with Crippen LogP contribution in [0.1, 0.15) is 50.2 Å². The quantitative estimate of drug-likeness (QED) is 0.900. The molecule has 0 aromatic heterocycles. The molecule has 1 atom stereocenters. The van der Waals surface area contributed by atoms with Crippen molar-refractivity contribution in [1.29, 1.82) is 0 Å². The van der Waals surface area contributed by atoms with Gasteiger partial charge in [0.1, 0.15) is 0 Å². The normalized spacial score (nSPS) is 18.7. The van der Waals surface area contributed by atoms with E-state index < -0.39 is 0 Å². The number of nitrogens with zero attached hydrogens (tertiary/aromatic N) is 1. The van der Waals surface area contributed by atoms with Gasteiger partial charge in [-0.1, -0.05) is 30.3 Å². The van der Waals surface area contributed by atoms with Gasteiger partial charge in [-0.2, -0.15) is 0 Å². The first kappa shape index (κ1) is 17.7. The molecule has 2 aliphatic rings. The Hall–Kier alpha value is -2.66. The Kier molecular flexibility index (Phi) is 4.70. The van der Waals surface area contributed by atoms with Crippen LogP contribution in [0.2, 0.25) is 0 Å². The minimum Gasteiger partial charge on any atom is -0.376 e. The number of anilines is 1. The highest BCUT2D eigenvalue weighted by Crippen LogP contribution is 2.29. The number of ether oxygens (including phenoxy) is 1. The van der Waals surface area contributed by atoms with Gasteiger partial charge in [-0.15, -0.1) is 0 Å². The van der Waals surface area contributed by atoms with Gasteiger partial charge >= 0.3 is 0 Å². The molecule has 1 N–H and O–H groups in total. The summed E-state index contributed by atoms with van der Waals surface area (Å²) < 4.78 is 5.67. The van der Waals surface area contributed by atoms with Crippen LogP contribution < -0.4 is 5.32 Å². The average molecular weight is 364 g/mol. The highest BCUT2D eigenvalue weighted by molar-refractivity contribution is 6.14. The maximum atomic E-state index is 13.0. The van der Waals surface area contributed by atoms with Gasteiger partial charge in [0, 0.05) is 25.4 Å². The number of rotatable bonds is 4. The summed E-state index contributed by atoms with van der Waals surface area (Å²) >= 11 is 0. The van der Waals surface area contributed by atoms with E-state index in [4.69, 9.17) is 4.74 Å². The van der Waals surface area contributed by atoms with E-state index in [0.717, 1.165) is 41.8 Å². The summed E-state index contributed by atoms with van der Waals surface area (Å²) in [5.74, 6) is -0.315. The first-order valence-electron chi connectivity index (χ1n) is 9.45. The molecule has 2 aliphatic heterocycles. The lowest BCUT2D eigenvalue weighted by molar-refractivity contribution is 0.0544. The minimum absolute atomic E-state index is 0.0762. The predicted octanol–water partition coefficient (Wildman–Crippen LogP) is 3.69. The monoisotopic (exact) mass is 364 g/mol. The van der Waals surface area contributed by atoms with E-state index in [1.54, 1.807) is 11.0 Å². The van der Waals surface area contributed by atoms with E-state index in [1.165, 1.54) is 0 Å². The van der Waals surface area contributed by atoms with Crippen LogP contribution in [0.4, 0.5) is 5.69 Å². The standard InChI is InChI=1S/C22H24N2O3/c1-14-6-3-7-15(2)20(14)23-21(25)18-10-4-8-16-12-24(22(26)19(16)18)13-17-9-5-11-27-17/h3-4,6-8,10,17H,5,9,11-13H2,1-2H3,(H,23,25)/t17-/m0/s1. The average Bonchev–Trinajstić information content (AvgIpc) is 3.27. The number of hydrogen-bond donors (Lipinski definition) is 1. The SMILES string of the molecule is Cc1cccc(C)c1NC(=O)c1cccc2c1C(=O)N(C[C@@H]1CCCO1)C2. The Labute approximate surface area is 159 Å². The number of hydrogen-bond acceptors (Lipinski definition) is 3. The molecule has 4 rings (SSSR count). The van der Waals surface area contributed by atoms with Crippen molar-refractivity contribution < 1.29 is 14.3 Å². The molecule has 0 spiro atoms. The summed E-state index contributed by atoms with van der Waals surface area (Å²) in [5.41, 5.74) is 4.69. The van der Waals surface area contributed by atoms with Crippen LogP contribution in [0.3, 0.4) is 0 Å². The highest BCUT2D eigenvalue weighted by Gasteiger charge is 2.33. The molecular formula is C22H24N2O3. The van der Waals surface area contributed by atoms with Gasteiger partial charge in [-0.05, 0) is 49.4 Å². The number of nitrogens with one attached hydrogen (secondary N) is 1. The van der Waals surface area contributed by atoms with E-state index >= 15 is 0 Å². The molecule has 0 saturated carbocycles. The van der Waals surface area contributed by atoms with Crippen molar-refractivity contribution in [1.82, 2.24) is 4.90 Å². The van der Waals surface area contributed by atoms with Crippen LogP contribution in [-0.4, -0.2) is 36.0 Å². The van der Waals surface area contributed by atoms with Crippen molar-refractivity contribution in [3.05, 3.63) is 64.2 Å². The number of para-hydroxylation sites is 1. The van der Waals surface area contributed by atoms with Gasteiger partial charge in [0.05, 0.1) is 17.2 Å². The third-order valence-corrected chi connectivity index (χ3v) is 5.43. The third-order valence-electron chi connectivity index (χ3n) is 5.43. The van der Waals surface area contributed by atoms with Crippen molar-refractivity contribution in [2.24, 2.45) is 0 Å². The number of aryl methyl sites for hydroxylation is 2. The van der Waals surface area contributed by atoms with E-state index in [2.05, 4.69) is 5.32 Å². The minimum atomic E-state index is -0.239. The van der Waals surface area contributed by atoms with E-state index in [9.17, 15) is 9.59 Å². The topological polar surface area (TPSA) is 58.6 Å². The molecule has 0 bridgehead atoms. The molecular weight excluding hydrogens is 340 g/mol. The predicted molar refractivity (Wildman–Crippen MR) is 104 cm³/mol. The number of amides is 2. The fourth-order valence-corrected chi connectivity index (χ4v) is 3.98. The van der Waals surface area contributed by atoms with E-state index in [-0.39, 0.29) is 17.9 Å².